The Hall–Kier alpha value is -3.59. The molecule has 0 spiro atoms. The van der Waals surface area contributed by atoms with Crippen LogP contribution in [0.2, 0.25) is 0 Å². The fourth-order valence-electron chi connectivity index (χ4n) is 4.80. The number of rotatable bonds is 5. The van der Waals surface area contributed by atoms with Crippen molar-refractivity contribution in [1.29, 1.82) is 0 Å². The Morgan fingerprint density at radius 2 is 1.86 bits per heavy atom. The zero-order chi connectivity index (χ0) is 24.6. The van der Waals surface area contributed by atoms with Crippen molar-refractivity contribution < 1.29 is 22.7 Å². The highest BCUT2D eigenvalue weighted by molar-refractivity contribution is 7.90. The number of pyridine rings is 1. The van der Waals surface area contributed by atoms with Gasteiger partial charge in [-0.05, 0) is 67.8 Å². The van der Waals surface area contributed by atoms with E-state index in [9.17, 15) is 13.2 Å². The van der Waals surface area contributed by atoms with Gasteiger partial charge in [-0.2, -0.15) is 0 Å². The molecule has 4 heterocycles. The number of methoxy groups -OCH3 is 1. The summed E-state index contributed by atoms with van der Waals surface area (Å²) in [7, 11) is -2.41. The number of sulfonamides is 1. The van der Waals surface area contributed by atoms with Gasteiger partial charge >= 0.3 is 6.09 Å². The van der Waals surface area contributed by atoms with Gasteiger partial charge < -0.3 is 14.4 Å². The first-order valence-corrected chi connectivity index (χ1v) is 13.0. The van der Waals surface area contributed by atoms with Crippen molar-refractivity contribution in [2.45, 2.75) is 30.8 Å². The van der Waals surface area contributed by atoms with E-state index in [0.717, 1.165) is 59.4 Å². The van der Waals surface area contributed by atoms with Crippen LogP contribution in [0.4, 0.5) is 4.79 Å². The molecule has 3 aromatic rings. The van der Waals surface area contributed by atoms with Gasteiger partial charge in [0.2, 0.25) is 0 Å². The molecule has 35 heavy (non-hydrogen) atoms. The first kappa shape index (κ1) is 23.2. The minimum atomic E-state index is -4.03. The molecule has 3 fully saturated rings. The number of fused-ring (bicyclic) bond motifs is 4. The monoisotopic (exact) mass is 493 g/mol. The van der Waals surface area contributed by atoms with Crippen LogP contribution in [0.15, 0.2) is 65.3 Å². The molecule has 6 rings (SSSR count). The van der Waals surface area contributed by atoms with Crippen LogP contribution in [-0.4, -0.2) is 50.7 Å². The molecule has 0 radical (unpaired) electrons. The van der Waals surface area contributed by atoms with E-state index in [1.807, 2.05) is 37.3 Å². The van der Waals surface area contributed by atoms with E-state index in [-0.39, 0.29) is 10.8 Å². The molecule has 0 unspecified atom stereocenters. The van der Waals surface area contributed by atoms with Crippen molar-refractivity contribution in [2.75, 3.05) is 20.2 Å². The first-order valence-electron chi connectivity index (χ1n) is 11.5. The largest absolute Gasteiger partial charge is 0.497 e. The average Bonchev–Trinajstić information content (AvgIpc) is 2.86. The highest BCUT2D eigenvalue weighted by Crippen LogP contribution is 2.38. The Kier molecular flexibility index (Phi) is 6.10. The number of carbonyl (C=O) groups is 1. The van der Waals surface area contributed by atoms with Gasteiger partial charge in [0.1, 0.15) is 11.9 Å². The van der Waals surface area contributed by atoms with Crippen LogP contribution in [0.3, 0.4) is 0 Å². The van der Waals surface area contributed by atoms with Crippen molar-refractivity contribution >= 4 is 33.1 Å². The van der Waals surface area contributed by atoms with Gasteiger partial charge in [0.15, 0.2) is 0 Å². The molecule has 1 amide bonds. The van der Waals surface area contributed by atoms with E-state index >= 15 is 0 Å². The molecule has 1 N–H and O–H groups in total. The molecule has 1 atom stereocenters. The molecular formula is C26H27N3O5S. The number of piperidine rings is 3. The lowest BCUT2D eigenvalue weighted by Gasteiger charge is -2.47. The molecule has 182 valence electrons. The molecule has 0 aliphatic carbocycles. The number of hydrogen-bond acceptors (Lipinski definition) is 7. The Bertz CT molecular complexity index is 1390. The number of hydrogen-bond donors (Lipinski definition) is 1. The number of nitrogens with zero attached hydrogens (tertiary/aromatic N) is 2. The summed E-state index contributed by atoms with van der Waals surface area (Å²) < 4.78 is 38.6. The predicted octanol–water partition coefficient (Wildman–Crippen LogP) is 4.10. The van der Waals surface area contributed by atoms with Crippen LogP contribution < -0.4 is 9.46 Å². The molecule has 3 saturated heterocycles. The summed E-state index contributed by atoms with van der Waals surface area (Å²) in [5.74, 6) is 0.853. The number of amides is 1. The molecule has 1 aromatic heterocycles. The second-order valence-corrected chi connectivity index (χ2v) is 10.6. The zero-order valence-electron chi connectivity index (χ0n) is 19.6. The van der Waals surface area contributed by atoms with Crippen LogP contribution in [0.25, 0.3) is 17.0 Å². The van der Waals surface area contributed by atoms with Gasteiger partial charge in [-0.25, -0.2) is 17.9 Å². The standard InChI is InChI=1S/C26H27N3O5S/c1-17-3-6-21(7-4-17)35(31,32)28-26(30)34-25-18-10-13-29(14-11-18)24(25)15-19-9-12-27-23-8-5-20(33-2)16-22(19)23/h3-9,12,15-16,18,25H,10-11,13-14H2,1-2H3,(H,28,30)/b24-15-/t25-/m0/s1. The second kappa shape index (κ2) is 9.22. The summed E-state index contributed by atoms with van der Waals surface area (Å²) in [4.78, 5) is 19.4. The van der Waals surface area contributed by atoms with Gasteiger partial charge in [0.25, 0.3) is 10.0 Å². The van der Waals surface area contributed by atoms with Crippen molar-refractivity contribution in [3.63, 3.8) is 0 Å². The zero-order valence-corrected chi connectivity index (χ0v) is 20.4. The molecular weight excluding hydrogens is 466 g/mol. The highest BCUT2D eigenvalue weighted by Gasteiger charge is 2.41. The third-order valence-corrected chi connectivity index (χ3v) is 8.02. The van der Waals surface area contributed by atoms with Crippen molar-refractivity contribution in [3.8, 4) is 5.75 Å². The lowest BCUT2D eigenvalue weighted by Crippen LogP contribution is -2.51. The molecule has 3 aliphatic rings. The third-order valence-electron chi connectivity index (χ3n) is 6.69. The van der Waals surface area contributed by atoms with Crippen molar-refractivity contribution in [1.82, 2.24) is 14.6 Å². The van der Waals surface area contributed by atoms with E-state index in [1.165, 1.54) is 12.1 Å². The quantitative estimate of drug-likeness (QED) is 0.571. The summed E-state index contributed by atoms with van der Waals surface area (Å²) in [6.07, 6.45) is 4.00. The van der Waals surface area contributed by atoms with Gasteiger partial charge in [-0.15, -0.1) is 0 Å². The van der Waals surface area contributed by atoms with E-state index in [4.69, 9.17) is 9.47 Å². The second-order valence-electron chi connectivity index (χ2n) is 8.92. The Morgan fingerprint density at radius 1 is 1.11 bits per heavy atom. The summed E-state index contributed by atoms with van der Waals surface area (Å²) in [5.41, 5.74) is 3.55. The Balaban J connectivity index is 1.43. The lowest BCUT2D eigenvalue weighted by atomic mass is 9.82. The number of aromatic nitrogens is 1. The molecule has 0 saturated carbocycles. The van der Waals surface area contributed by atoms with E-state index < -0.39 is 22.2 Å². The maximum atomic E-state index is 12.8. The minimum absolute atomic E-state index is 0.0157. The normalized spacial score (nSPS) is 20.7. The average molecular weight is 494 g/mol. The summed E-state index contributed by atoms with van der Waals surface area (Å²) in [5, 5.41) is 0.923. The molecule has 3 aliphatic heterocycles. The predicted molar refractivity (Wildman–Crippen MR) is 132 cm³/mol. The third kappa shape index (κ3) is 4.68. The van der Waals surface area contributed by atoms with Gasteiger partial charge in [-0.3, -0.25) is 4.98 Å². The topological polar surface area (TPSA) is 97.8 Å². The number of aryl methyl sites for hydroxylation is 1. The maximum absolute atomic E-state index is 12.8. The highest BCUT2D eigenvalue weighted by atomic mass is 32.2. The number of benzene rings is 2. The fraction of sp³-hybridized carbons (Fsp3) is 0.308. The number of ether oxygens (including phenoxy) is 2. The van der Waals surface area contributed by atoms with Crippen LogP contribution in [0.5, 0.6) is 5.75 Å². The minimum Gasteiger partial charge on any atom is -0.497 e. The molecule has 2 bridgehead atoms. The fourth-order valence-corrected chi connectivity index (χ4v) is 5.68. The first-order chi connectivity index (χ1) is 16.8. The van der Waals surface area contributed by atoms with Gasteiger partial charge in [-0.1, -0.05) is 17.7 Å². The number of carbonyl (C=O) groups excluding carboxylic acids is 1. The molecule has 9 heteroatoms. The van der Waals surface area contributed by atoms with E-state index in [2.05, 4.69) is 14.6 Å². The van der Waals surface area contributed by atoms with Crippen LogP contribution in [0, 0.1) is 12.8 Å². The van der Waals surface area contributed by atoms with Crippen LogP contribution in [-0.2, 0) is 14.8 Å². The lowest BCUT2D eigenvalue weighted by molar-refractivity contribution is 0.00697. The van der Waals surface area contributed by atoms with E-state index in [1.54, 1.807) is 25.4 Å². The summed E-state index contributed by atoms with van der Waals surface area (Å²) in [6, 6.07) is 13.9. The van der Waals surface area contributed by atoms with Gasteiger partial charge in [0.05, 0.1) is 23.2 Å². The van der Waals surface area contributed by atoms with Crippen LogP contribution in [0.1, 0.15) is 24.0 Å². The van der Waals surface area contributed by atoms with Crippen molar-refractivity contribution in [2.24, 2.45) is 5.92 Å². The van der Waals surface area contributed by atoms with Crippen molar-refractivity contribution in [3.05, 3.63) is 71.6 Å². The summed E-state index contributed by atoms with van der Waals surface area (Å²) in [6.45, 7) is 3.60. The smallest absolute Gasteiger partial charge is 0.421 e. The maximum Gasteiger partial charge on any atom is 0.421 e. The summed E-state index contributed by atoms with van der Waals surface area (Å²) >= 11 is 0. The number of nitrogens with one attached hydrogen (secondary N) is 1. The SMILES string of the molecule is COc1ccc2nccc(/C=C3/[C@@H](OC(=O)NS(=O)(=O)c4ccc(C)cc4)C4CCN3CC4)c2c1. The van der Waals surface area contributed by atoms with Gasteiger partial charge in [0, 0.05) is 30.6 Å². The Labute approximate surface area is 204 Å². The van der Waals surface area contributed by atoms with Crippen LogP contribution >= 0.6 is 0 Å². The van der Waals surface area contributed by atoms with E-state index in [0.29, 0.717) is 0 Å². The molecule has 2 aromatic carbocycles. The molecule has 8 nitrogen and oxygen atoms in total. The Morgan fingerprint density at radius 3 is 2.57 bits per heavy atom.